The molecule has 0 atom stereocenters. The first-order chi connectivity index (χ1) is 7.89. The van der Waals surface area contributed by atoms with Gasteiger partial charge in [-0.3, -0.25) is 0 Å². The van der Waals surface area contributed by atoms with Crippen molar-refractivity contribution in [2.45, 2.75) is 45.6 Å². The number of rotatable bonds is 3. The fourth-order valence-electron chi connectivity index (χ4n) is 2.74. The van der Waals surface area contributed by atoms with Crippen molar-refractivity contribution in [3.63, 3.8) is 0 Å². The van der Waals surface area contributed by atoms with Crippen molar-refractivity contribution in [2.24, 2.45) is 11.8 Å². The van der Waals surface area contributed by atoms with Crippen molar-refractivity contribution < 1.29 is 9.50 Å². The summed E-state index contributed by atoms with van der Waals surface area (Å²) < 4.78 is 13.0. The van der Waals surface area contributed by atoms with E-state index in [1.165, 1.54) is 12.1 Å². The van der Waals surface area contributed by atoms with E-state index in [0.29, 0.717) is 18.3 Å². The van der Waals surface area contributed by atoms with E-state index in [-0.39, 0.29) is 5.82 Å². The average Bonchev–Trinajstić information content (AvgIpc) is 2.18. The fraction of sp³-hybridized carbons (Fsp3) is 0.600. The van der Waals surface area contributed by atoms with Gasteiger partial charge < -0.3 is 5.11 Å². The third-order valence-electron chi connectivity index (χ3n) is 4.05. The van der Waals surface area contributed by atoms with Gasteiger partial charge in [-0.05, 0) is 54.9 Å². The molecule has 0 aromatic heterocycles. The third kappa shape index (κ3) is 2.68. The molecule has 1 saturated carbocycles. The minimum atomic E-state index is -0.558. The topological polar surface area (TPSA) is 20.2 Å². The minimum absolute atomic E-state index is 0.202. The summed E-state index contributed by atoms with van der Waals surface area (Å²) in [6.45, 7) is 6.31. The number of aliphatic hydroxyl groups is 1. The van der Waals surface area contributed by atoms with Gasteiger partial charge in [-0.25, -0.2) is 4.39 Å². The summed E-state index contributed by atoms with van der Waals surface area (Å²) in [4.78, 5) is 0. The summed E-state index contributed by atoms with van der Waals surface area (Å²) in [6.07, 6.45) is 2.41. The van der Waals surface area contributed by atoms with Gasteiger partial charge >= 0.3 is 0 Å². The molecule has 1 aromatic rings. The average molecular weight is 236 g/mol. The van der Waals surface area contributed by atoms with E-state index < -0.39 is 5.60 Å². The third-order valence-corrected chi connectivity index (χ3v) is 4.05. The van der Waals surface area contributed by atoms with Gasteiger partial charge in [0.15, 0.2) is 0 Å². The van der Waals surface area contributed by atoms with Gasteiger partial charge in [0.2, 0.25) is 0 Å². The Bertz CT molecular complexity index is 405. The normalized spacial score (nSPS) is 28.2. The molecule has 0 amide bonds. The highest BCUT2D eigenvalue weighted by Gasteiger charge is 2.43. The van der Waals surface area contributed by atoms with Gasteiger partial charge in [0.05, 0.1) is 5.60 Å². The molecule has 0 radical (unpaired) electrons. The Kier molecular flexibility index (Phi) is 3.26. The predicted molar refractivity (Wildman–Crippen MR) is 67.4 cm³/mol. The van der Waals surface area contributed by atoms with Gasteiger partial charge in [-0.2, -0.15) is 0 Å². The van der Waals surface area contributed by atoms with E-state index in [2.05, 4.69) is 13.8 Å². The van der Waals surface area contributed by atoms with Crippen molar-refractivity contribution in [3.05, 3.63) is 35.1 Å². The van der Waals surface area contributed by atoms with Crippen LogP contribution in [0, 0.1) is 24.6 Å². The molecule has 1 aromatic carbocycles. The Morgan fingerprint density at radius 3 is 2.59 bits per heavy atom. The van der Waals surface area contributed by atoms with Crippen molar-refractivity contribution in [3.8, 4) is 0 Å². The van der Waals surface area contributed by atoms with Gasteiger partial charge in [-0.15, -0.1) is 0 Å². The Morgan fingerprint density at radius 2 is 2.06 bits per heavy atom. The first-order valence-corrected chi connectivity index (χ1v) is 6.37. The van der Waals surface area contributed by atoms with E-state index in [9.17, 15) is 9.50 Å². The SMILES string of the molecule is Cc1cc(F)ccc1CC1(O)CC(C(C)C)C1. The molecule has 1 aliphatic carbocycles. The van der Waals surface area contributed by atoms with Crippen LogP contribution < -0.4 is 0 Å². The minimum Gasteiger partial charge on any atom is -0.390 e. The van der Waals surface area contributed by atoms with Crippen molar-refractivity contribution in [1.29, 1.82) is 0 Å². The molecule has 0 unspecified atom stereocenters. The summed E-state index contributed by atoms with van der Waals surface area (Å²) in [7, 11) is 0. The first-order valence-electron chi connectivity index (χ1n) is 6.37. The van der Waals surface area contributed by atoms with Crippen molar-refractivity contribution in [1.82, 2.24) is 0 Å². The van der Waals surface area contributed by atoms with Crippen LogP contribution in [0.2, 0.25) is 0 Å². The molecule has 2 rings (SSSR count). The second kappa shape index (κ2) is 4.41. The zero-order valence-corrected chi connectivity index (χ0v) is 10.8. The largest absolute Gasteiger partial charge is 0.390 e. The standard InChI is InChI=1S/C15H21FO/c1-10(2)13-8-15(17,9-13)7-12-4-5-14(16)6-11(12)3/h4-6,10,13,17H,7-9H2,1-3H3. The van der Waals surface area contributed by atoms with Crippen LogP contribution in [0.3, 0.4) is 0 Å². The molecule has 0 bridgehead atoms. The van der Waals surface area contributed by atoms with Crippen LogP contribution in [0.15, 0.2) is 18.2 Å². The zero-order valence-electron chi connectivity index (χ0n) is 10.8. The highest BCUT2D eigenvalue weighted by Crippen LogP contribution is 2.44. The molecule has 1 N–H and O–H groups in total. The van der Waals surface area contributed by atoms with Crippen LogP contribution in [0.25, 0.3) is 0 Å². The summed E-state index contributed by atoms with van der Waals surface area (Å²) in [6, 6.07) is 4.81. The van der Waals surface area contributed by atoms with E-state index >= 15 is 0 Å². The lowest BCUT2D eigenvalue weighted by molar-refractivity contribution is -0.0861. The Morgan fingerprint density at radius 1 is 1.41 bits per heavy atom. The molecule has 2 heteroatoms. The lowest BCUT2D eigenvalue weighted by Gasteiger charge is -2.46. The smallest absolute Gasteiger partial charge is 0.123 e. The van der Waals surface area contributed by atoms with E-state index in [0.717, 1.165) is 24.0 Å². The summed E-state index contributed by atoms with van der Waals surface area (Å²) >= 11 is 0. The first kappa shape index (κ1) is 12.6. The monoisotopic (exact) mass is 236 g/mol. The molecule has 94 valence electrons. The van der Waals surface area contributed by atoms with Crippen molar-refractivity contribution in [2.75, 3.05) is 0 Å². The van der Waals surface area contributed by atoms with Crippen LogP contribution >= 0.6 is 0 Å². The van der Waals surface area contributed by atoms with Gasteiger partial charge in [0.1, 0.15) is 5.82 Å². The second-order valence-corrected chi connectivity index (χ2v) is 5.88. The zero-order chi connectivity index (χ0) is 12.6. The number of aryl methyl sites for hydroxylation is 1. The maximum Gasteiger partial charge on any atom is 0.123 e. The maximum atomic E-state index is 13.0. The van der Waals surface area contributed by atoms with Crippen LogP contribution in [0.5, 0.6) is 0 Å². The number of halogens is 1. The number of hydrogen-bond acceptors (Lipinski definition) is 1. The van der Waals surface area contributed by atoms with Gasteiger partial charge in [-0.1, -0.05) is 19.9 Å². The molecule has 0 heterocycles. The van der Waals surface area contributed by atoms with Gasteiger partial charge in [0, 0.05) is 6.42 Å². The second-order valence-electron chi connectivity index (χ2n) is 5.88. The summed E-state index contributed by atoms with van der Waals surface area (Å²) in [5, 5.41) is 10.4. The maximum absolute atomic E-state index is 13.0. The molecular weight excluding hydrogens is 215 g/mol. The molecule has 1 fully saturated rings. The molecule has 17 heavy (non-hydrogen) atoms. The summed E-state index contributed by atoms with van der Waals surface area (Å²) in [5.41, 5.74) is 1.44. The van der Waals surface area contributed by atoms with E-state index in [1.807, 2.05) is 6.92 Å². The highest BCUT2D eigenvalue weighted by atomic mass is 19.1. The highest BCUT2D eigenvalue weighted by molar-refractivity contribution is 5.28. The van der Waals surface area contributed by atoms with Gasteiger partial charge in [0.25, 0.3) is 0 Å². The molecule has 0 saturated heterocycles. The number of hydrogen-bond donors (Lipinski definition) is 1. The van der Waals surface area contributed by atoms with Crippen LogP contribution in [0.4, 0.5) is 4.39 Å². The van der Waals surface area contributed by atoms with E-state index in [1.54, 1.807) is 6.07 Å². The Balaban J connectivity index is 2.02. The van der Waals surface area contributed by atoms with Crippen LogP contribution in [0.1, 0.15) is 37.8 Å². The molecule has 0 aliphatic heterocycles. The van der Waals surface area contributed by atoms with E-state index in [4.69, 9.17) is 0 Å². The predicted octanol–water partition coefficient (Wildman–Crippen LogP) is 3.47. The van der Waals surface area contributed by atoms with Crippen LogP contribution in [-0.4, -0.2) is 10.7 Å². The quantitative estimate of drug-likeness (QED) is 0.852. The lowest BCUT2D eigenvalue weighted by atomic mass is 9.64. The van der Waals surface area contributed by atoms with Crippen molar-refractivity contribution >= 4 is 0 Å². The molecule has 0 spiro atoms. The molecule has 1 nitrogen and oxygen atoms in total. The van der Waals surface area contributed by atoms with Crippen LogP contribution in [-0.2, 0) is 6.42 Å². The Labute approximate surface area is 103 Å². The number of benzene rings is 1. The molecule has 1 aliphatic rings. The fourth-order valence-corrected chi connectivity index (χ4v) is 2.74. The summed E-state index contributed by atoms with van der Waals surface area (Å²) in [5.74, 6) is 1.08. The Hall–Kier alpha value is -0.890. The molecular formula is C15H21FO. The lowest BCUT2D eigenvalue weighted by Crippen LogP contribution is -2.47.